The summed E-state index contributed by atoms with van der Waals surface area (Å²) >= 11 is 6.19. The number of halogens is 1. The fourth-order valence-electron chi connectivity index (χ4n) is 3.23. The van der Waals surface area contributed by atoms with Crippen molar-refractivity contribution in [3.63, 3.8) is 0 Å². The van der Waals surface area contributed by atoms with E-state index in [4.69, 9.17) is 17.3 Å². The summed E-state index contributed by atoms with van der Waals surface area (Å²) in [5, 5.41) is 0.537. The van der Waals surface area contributed by atoms with Crippen LogP contribution in [0.3, 0.4) is 0 Å². The third-order valence-corrected chi connectivity index (χ3v) is 4.63. The molecule has 1 aliphatic rings. The van der Waals surface area contributed by atoms with Crippen molar-refractivity contribution in [2.45, 2.75) is 19.0 Å². The first kappa shape index (κ1) is 16.3. The molecule has 0 aliphatic carbocycles. The molecule has 2 aromatic rings. The first-order chi connectivity index (χ1) is 11.4. The van der Waals surface area contributed by atoms with Gasteiger partial charge >= 0.3 is 6.03 Å². The number of urea groups is 1. The Morgan fingerprint density at radius 2 is 1.83 bits per heavy atom. The highest BCUT2D eigenvalue weighted by atomic mass is 35.5. The number of rotatable bonds is 1. The number of carbonyl (C=O) groups is 2. The highest BCUT2D eigenvalue weighted by Crippen LogP contribution is 2.40. The Balaban J connectivity index is 2.31. The van der Waals surface area contributed by atoms with Crippen LogP contribution in [0.25, 0.3) is 0 Å². The number of nitrogens with zero attached hydrogens (tertiary/aromatic N) is 2. The Bertz CT molecular complexity index is 794. The largest absolute Gasteiger partial charge is 0.351 e. The second-order valence-electron chi connectivity index (χ2n) is 5.84. The number of carbonyl (C=O) groups excluding carboxylic acids is 2. The summed E-state index contributed by atoms with van der Waals surface area (Å²) in [6, 6.07) is 13.0. The molecule has 2 unspecified atom stereocenters. The molecular weight excluding hydrogens is 326 g/mol. The molecule has 2 N–H and O–H groups in total. The predicted molar refractivity (Wildman–Crippen MR) is 94.0 cm³/mol. The fraction of sp³-hybridized carbons (Fsp3) is 0.222. The average Bonchev–Trinajstić information content (AvgIpc) is 2.65. The van der Waals surface area contributed by atoms with Gasteiger partial charge in [-0.15, -0.1) is 0 Å². The Kier molecular flexibility index (Phi) is 4.20. The van der Waals surface area contributed by atoms with Gasteiger partial charge in [-0.05, 0) is 30.7 Å². The summed E-state index contributed by atoms with van der Waals surface area (Å²) in [7, 11) is 1.69. The van der Waals surface area contributed by atoms with Crippen LogP contribution in [0.2, 0.25) is 5.02 Å². The van der Waals surface area contributed by atoms with E-state index in [1.807, 2.05) is 30.3 Å². The van der Waals surface area contributed by atoms with Crippen molar-refractivity contribution in [1.82, 2.24) is 4.90 Å². The van der Waals surface area contributed by atoms with Gasteiger partial charge in [0.25, 0.3) is 0 Å². The maximum atomic E-state index is 12.7. The Labute approximate surface area is 145 Å². The average molecular weight is 344 g/mol. The van der Waals surface area contributed by atoms with Crippen LogP contribution in [0.1, 0.15) is 24.1 Å². The van der Waals surface area contributed by atoms with Gasteiger partial charge in [0.05, 0.1) is 6.04 Å². The number of amides is 3. The third-order valence-electron chi connectivity index (χ3n) is 4.40. The quantitative estimate of drug-likeness (QED) is 0.864. The van der Waals surface area contributed by atoms with Crippen LogP contribution in [0, 0.1) is 0 Å². The maximum absolute atomic E-state index is 12.7. The van der Waals surface area contributed by atoms with E-state index in [2.05, 4.69) is 0 Å². The third kappa shape index (κ3) is 2.61. The van der Waals surface area contributed by atoms with E-state index in [0.29, 0.717) is 10.7 Å². The van der Waals surface area contributed by atoms with E-state index in [1.165, 1.54) is 4.90 Å². The van der Waals surface area contributed by atoms with Crippen LogP contribution in [0.5, 0.6) is 0 Å². The minimum atomic E-state index is -0.691. The van der Waals surface area contributed by atoms with Crippen molar-refractivity contribution in [3.05, 3.63) is 64.7 Å². The van der Waals surface area contributed by atoms with E-state index >= 15 is 0 Å². The highest BCUT2D eigenvalue weighted by molar-refractivity contribution is 6.30. The van der Waals surface area contributed by atoms with Crippen molar-refractivity contribution in [2.75, 3.05) is 11.9 Å². The van der Waals surface area contributed by atoms with Gasteiger partial charge in [0.2, 0.25) is 5.91 Å². The summed E-state index contributed by atoms with van der Waals surface area (Å²) in [4.78, 5) is 27.9. The van der Waals surface area contributed by atoms with Crippen molar-refractivity contribution in [2.24, 2.45) is 5.73 Å². The highest BCUT2D eigenvalue weighted by Gasteiger charge is 2.39. The van der Waals surface area contributed by atoms with Gasteiger partial charge in [-0.1, -0.05) is 41.9 Å². The second-order valence-corrected chi connectivity index (χ2v) is 6.27. The Morgan fingerprint density at radius 3 is 2.46 bits per heavy atom. The zero-order chi connectivity index (χ0) is 17.4. The number of hydrogen-bond donors (Lipinski definition) is 1. The molecule has 0 bridgehead atoms. The van der Waals surface area contributed by atoms with Gasteiger partial charge in [-0.2, -0.15) is 0 Å². The number of nitrogens with two attached hydrogens (primary N) is 1. The number of primary amides is 1. The Morgan fingerprint density at radius 1 is 1.17 bits per heavy atom. The lowest BCUT2D eigenvalue weighted by molar-refractivity contribution is -0.122. The molecule has 1 heterocycles. The zero-order valence-corrected chi connectivity index (χ0v) is 14.2. The number of anilines is 1. The smallest absolute Gasteiger partial charge is 0.316 e. The van der Waals surface area contributed by atoms with Crippen molar-refractivity contribution in [1.29, 1.82) is 0 Å². The summed E-state index contributed by atoms with van der Waals surface area (Å²) in [5.41, 5.74) is 8.00. The summed E-state index contributed by atoms with van der Waals surface area (Å²) in [6.45, 7) is 1.69. The van der Waals surface area contributed by atoms with Crippen molar-refractivity contribution >= 4 is 29.2 Å². The molecule has 0 fully saturated rings. The van der Waals surface area contributed by atoms with E-state index < -0.39 is 18.1 Å². The second kappa shape index (κ2) is 6.17. The first-order valence-electron chi connectivity index (χ1n) is 7.61. The summed E-state index contributed by atoms with van der Waals surface area (Å²) in [5.74, 6) is -0.198. The lowest BCUT2D eigenvalue weighted by atomic mass is 9.95. The molecule has 24 heavy (non-hydrogen) atoms. The molecule has 0 radical (unpaired) electrons. The number of fused-ring (bicyclic) bond motifs is 1. The van der Waals surface area contributed by atoms with Crippen LogP contribution in [0.15, 0.2) is 48.5 Å². The molecule has 2 aromatic carbocycles. The van der Waals surface area contributed by atoms with Crippen LogP contribution in [-0.4, -0.2) is 29.9 Å². The maximum Gasteiger partial charge on any atom is 0.316 e. The van der Waals surface area contributed by atoms with E-state index in [9.17, 15) is 9.59 Å². The van der Waals surface area contributed by atoms with Gasteiger partial charge in [0.15, 0.2) is 0 Å². The minimum absolute atomic E-state index is 0.198. The molecule has 6 heteroatoms. The molecule has 3 amide bonds. The van der Waals surface area contributed by atoms with Crippen LogP contribution >= 0.6 is 11.6 Å². The zero-order valence-electron chi connectivity index (χ0n) is 13.4. The van der Waals surface area contributed by atoms with Crippen LogP contribution in [0.4, 0.5) is 10.5 Å². The number of hydrogen-bond acceptors (Lipinski definition) is 2. The number of benzene rings is 2. The molecule has 0 spiro atoms. The fourth-order valence-corrected chi connectivity index (χ4v) is 3.42. The van der Waals surface area contributed by atoms with Gasteiger partial charge in [0, 0.05) is 23.3 Å². The molecule has 2 atom stereocenters. The molecule has 0 aromatic heterocycles. The topological polar surface area (TPSA) is 66.6 Å². The SMILES string of the molecule is CC1C(=O)N(C)c2ccc(Cl)cc2C(c2ccccc2)N1C(N)=O. The van der Waals surface area contributed by atoms with Gasteiger partial charge in [-0.25, -0.2) is 4.79 Å². The lowest BCUT2D eigenvalue weighted by Gasteiger charge is -2.33. The van der Waals surface area contributed by atoms with E-state index in [1.54, 1.807) is 37.1 Å². The molecule has 1 aliphatic heterocycles. The molecule has 124 valence electrons. The van der Waals surface area contributed by atoms with Crippen molar-refractivity contribution in [3.8, 4) is 0 Å². The molecule has 3 rings (SSSR count). The molecule has 5 nitrogen and oxygen atoms in total. The Hall–Kier alpha value is -2.53. The number of likely N-dealkylation sites (N-methyl/N-ethyl adjacent to an activating group) is 1. The molecule has 0 saturated carbocycles. The first-order valence-corrected chi connectivity index (χ1v) is 7.99. The predicted octanol–water partition coefficient (Wildman–Crippen LogP) is 3.18. The standard InChI is InChI=1S/C18H18ClN3O2/c1-11-17(23)21(2)15-9-8-13(19)10-14(15)16(22(11)18(20)24)12-6-4-3-5-7-12/h3-11,16H,1-2H3,(H2,20,24). The van der Waals surface area contributed by atoms with Gasteiger partial charge in [0.1, 0.15) is 6.04 Å². The van der Waals surface area contributed by atoms with E-state index in [-0.39, 0.29) is 5.91 Å². The summed E-state index contributed by atoms with van der Waals surface area (Å²) < 4.78 is 0. The van der Waals surface area contributed by atoms with Gasteiger partial charge < -0.3 is 15.5 Å². The van der Waals surface area contributed by atoms with E-state index in [0.717, 1.165) is 11.1 Å². The van der Waals surface area contributed by atoms with Gasteiger partial charge in [-0.3, -0.25) is 4.79 Å². The summed E-state index contributed by atoms with van der Waals surface area (Å²) in [6.07, 6.45) is 0. The van der Waals surface area contributed by atoms with Crippen LogP contribution < -0.4 is 10.6 Å². The minimum Gasteiger partial charge on any atom is -0.351 e. The lowest BCUT2D eigenvalue weighted by Crippen LogP contribution is -2.49. The van der Waals surface area contributed by atoms with Crippen molar-refractivity contribution < 1.29 is 9.59 Å². The van der Waals surface area contributed by atoms with Crippen LogP contribution in [-0.2, 0) is 4.79 Å². The monoisotopic (exact) mass is 343 g/mol. The molecular formula is C18H18ClN3O2. The molecule has 0 saturated heterocycles. The normalized spacial score (nSPS) is 20.5.